The molecule has 0 bridgehead atoms. The Morgan fingerprint density at radius 2 is 1.90 bits per heavy atom. The van der Waals surface area contributed by atoms with Crippen LogP contribution in [0.25, 0.3) is 0 Å². The molecule has 2 unspecified atom stereocenters. The van der Waals surface area contributed by atoms with Crippen LogP contribution in [0.15, 0.2) is 12.1 Å². The Kier molecular flexibility index (Phi) is 5.60. The lowest BCUT2D eigenvalue weighted by Crippen LogP contribution is -2.51. The van der Waals surface area contributed by atoms with Crippen LogP contribution >= 0.6 is 42.3 Å². The molecule has 0 aliphatic heterocycles. The maximum Gasteiger partial charge on any atom is 0.529 e. The second-order valence-corrected chi connectivity index (χ2v) is 8.38. The molecular formula is C9H14Cl2N2O5PS+. The molecule has 1 heterocycles. The highest BCUT2D eigenvalue weighted by Gasteiger charge is 2.53. The molecule has 0 aliphatic carbocycles. The Balaban J connectivity index is 3.25. The zero-order valence-electron chi connectivity index (χ0n) is 10.6. The maximum atomic E-state index is 11.8. The van der Waals surface area contributed by atoms with E-state index in [0.717, 1.165) is 11.3 Å². The summed E-state index contributed by atoms with van der Waals surface area (Å²) in [6.07, 6.45) is 0. The predicted octanol–water partition coefficient (Wildman–Crippen LogP) is 3.24. The smallest absolute Gasteiger partial charge is 0.279 e. The van der Waals surface area contributed by atoms with Crippen molar-refractivity contribution in [3.05, 3.63) is 27.1 Å². The standard InChI is InChI=1S/C9H13Cl2N2O5PS/c1-6(10)13(7(2)11,19(16,17)18)5-8-3-4-9(20-8)12(14)15/h3-4,6-7H,5H2,1-2H3,(H-,16,17,18)/p+1. The molecule has 20 heavy (non-hydrogen) atoms. The Morgan fingerprint density at radius 1 is 1.40 bits per heavy atom. The van der Waals surface area contributed by atoms with Crippen molar-refractivity contribution in [3.63, 3.8) is 0 Å². The van der Waals surface area contributed by atoms with E-state index in [9.17, 15) is 24.5 Å². The molecule has 114 valence electrons. The van der Waals surface area contributed by atoms with Crippen molar-refractivity contribution in [2.45, 2.75) is 31.4 Å². The van der Waals surface area contributed by atoms with Crippen LogP contribution < -0.4 is 0 Å². The van der Waals surface area contributed by atoms with Gasteiger partial charge in [0.15, 0.2) is 11.0 Å². The molecule has 0 saturated carbocycles. The number of hydrogen-bond acceptors (Lipinski definition) is 4. The lowest BCUT2D eigenvalue weighted by molar-refractivity contribution is -0.857. The van der Waals surface area contributed by atoms with E-state index in [0.29, 0.717) is 4.88 Å². The molecule has 0 aliphatic rings. The van der Waals surface area contributed by atoms with Crippen LogP contribution in [-0.2, 0) is 11.1 Å². The molecule has 2 atom stereocenters. The summed E-state index contributed by atoms with van der Waals surface area (Å²) in [5, 5.41) is 10.5. The zero-order chi connectivity index (χ0) is 15.7. The van der Waals surface area contributed by atoms with Crippen molar-refractivity contribution < 1.29 is 23.5 Å². The Bertz CT molecular complexity index is 536. The van der Waals surface area contributed by atoms with E-state index < -0.39 is 27.9 Å². The van der Waals surface area contributed by atoms with E-state index >= 15 is 0 Å². The first-order valence-electron chi connectivity index (χ1n) is 5.47. The Labute approximate surface area is 129 Å². The number of rotatable bonds is 6. The van der Waals surface area contributed by atoms with Crippen LogP contribution in [-0.4, -0.2) is 30.0 Å². The van der Waals surface area contributed by atoms with Gasteiger partial charge in [0, 0.05) is 19.9 Å². The minimum Gasteiger partial charge on any atom is -0.279 e. The van der Waals surface area contributed by atoms with Gasteiger partial charge in [-0.15, -0.1) is 0 Å². The molecule has 0 fully saturated rings. The second kappa shape index (κ2) is 6.27. The Morgan fingerprint density at radius 3 is 2.20 bits per heavy atom. The van der Waals surface area contributed by atoms with Crippen LogP contribution in [0.3, 0.4) is 0 Å². The number of quaternary nitrogens is 1. The number of halogens is 2. The summed E-state index contributed by atoms with van der Waals surface area (Å²) in [4.78, 5) is 29.8. The van der Waals surface area contributed by atoms with E-state index in [1.54, 1.807) is 0 Å². The molecule has 0 amide bonds. The van der Waals surface area contributed by atoms with Crippen LogP contribution in [0.4, 0.5) is 5.00 Å². The van der Waals surface area contributed by atoms with Gasteiger partial charge in [-0.1, -0.05) is 34.5 Å². The highest BCUT2D eigenvalue weighted by atomic mass is 35.5. The average Bonchev–Trinajstić information content (AvgIpc) is 2.71. The third-order valence-electron chi connectivity index (χ3n) is 2.95. The molecule has 7 nitrogen and oxygen atoms in total. The van der Waals surface area contributed by atoms with E-state index in [-0.39, 0.29) is 11.5 Å². The SMILES string of the molecule is CC(Cl)[N+](Cc1ccc([N+](=O)[O-])s1)(C(C)Cl)P(=O)(O)O. The summed E-state index contributed by atoms with van der Waals surface area (Å²) in [5.41, 5.74) is -1.94. The molecular weight excluding hydrogens is 350 g/mol. The molecule has 11 heteroatoms. The predicted molar refractivity (Wildman–Crippen MR) is 77.6 cm³/mol. The number of nitrogens with zero attached hydrogens (tertiary/aromatic N) is 2. The van der Waals surface area contributed by atoms with E-state index in [4.69, 9.17) is 23.2 Å². The van der Waals surface area contributed by atoms with Gasteiger partial charge in [-0.2, -0.15) is 0 Å². The number of nitro groups is 1. The molecule has 0 radical (unpaired) electrons. The number of thiophene rings is 1. The molecule has 0 aromatic carbocycles. The molecule has 0 spiro atoms. The van der Waals surface area contributed by atoms with E-state index in [2.05, 4.69) is 0 Å². The summed E-state index contributed by atoms with van der Waals surface area (Å²) in [7, 11) is -4.69. The van der Waals surface area contributed by atoms with Crippen LogP contribution in [0.5, 0.6) is 0 Å². The first kappa shape index (κ1) is 17.8. The summed E-state index contributed by atoms with van der Waals surface area (Å²) < 4.78 is 11.0. The third kappa shape index (κ3) is 3.33. The van der Waals surface area contributed by atoms with Crippen molar-refractivity contribution in [2.24, 2.45) is 0 Å². The fourth-order valence-corrected chi connectivity index (χ4v) is 5.21. The van der Waals surface area contributed by atoms with Crippen molar-refractivity contribution in [3.8, 4) is 0 Å². The van der Waals surface area contributed by atoms with Gasteiger partial charge in [-0.25, -0.2) is 8.82 Å². The van der Waals surface area contributed by atoms with Gasteiger partial charge in [0.05, 0.1) is 9.80 Å². The lowest BCUT2D eigenvalue weighted by Gasteiger charge is -2.41. The molecule has 1 rings (SSSR count). The van der Waals surface area contributed by atoms with E-state index in [1.165, 1.54) is 26.0 Å². The quantitative estimate of drug-likeness (QED) is 0.265. The van der Waals surface area contributed by atoms with Gasteiger partial charge < -0.3 is 0 Å². The third-order valence-corrected chi connectivity index (χ3v) is 6.75. The molecule has 1 aromatic rings. The fourth-order valence-electron chi connectivity index (χ4n) is 1.84. The van der Waals surface area contributed by atoms with Crippen LogP contribution in [0.1, 0.15) is 18.7 Å². The van der Waals surface area contributed by atoms with Gasteiger partial charge in [-0.05, 0) is 6.07 Å². The van der Waals surface area contributed by atoms with Crippen LogP contribution in [0, 0.1) is 10.1 Å². The number of alkyl halides is 2. The molecule has 2 N–H and O–H groups in total. The highest BCUT2D eigenvalue weighted by Crippen LogP contribution is 2.56. The minimum atomic E-state index is -4.69. The fraction of sp³-hybridized carbons (Fsp3) is 0.556. The first-order valence-corrected chi connectivity index (χ1v) is 8.72. The summed E-state index contributed by atoms with van der Waals surface area (Å²) in [5.74, 6) is 0. The molecule has 1 aromatic heterocycles. The van der Waals surface area contributed by atoms with Crippen molar-refractivity contribution in [1.82, 2.24) is 0 Å². The van der Waals surface area contributed by atoms with Gasteiger partial charge in [0.2, 0.25) is 0 Å². The van der Waals surface area contributed by atoms with Gasteiger partial charge in [0.25, 0.3) is 0 Å². The van der Waals surface area contributed by atoms with Crippen LogP contribution in [0.2, 0.25) is 0 Å². The van der Waals surface area contributed by atoms with Gasteiger partial charge >= 0.3 is 12.7 Å². The topological polar surface area (TPSA) is 101 Å². The van der Waals surface area contributed by atoms with Gasteiger partial charge in [0.1, 0.15) is 6.54 Å². The first-order chi connectivity index (χ1) is 9.02. The lowest BCUT2D eigenvalue weighted by atomic mass is 10.4. The molecule has 0 saturated heterocycles. The zero-order valence-corrected chi connectivity index (χ0v) is 13.9. The minimum absolute atomic E-state index is 0.103. The summed E-state index contributed by atoms with van der Waals surface area (Å²) >= 11 is 12.8. The normalized spacial score (nSPS) is 18.3. The van der Waals surface area contributed by atoms with E-state index in [1.807, 2.05) is 0 Å². The van der Waals surface area contributed by atoms with Gasteiger partial charge in [-0.3, -0.25) is 19.9 Å². The van der Waals surface area contributed by atoms with Crippen molar-refractivity contribution in [1.29, 1.82) is 0 Å². The average molecular weight is 364 g/mol. The van der Waals surface area contributed by atoms with Crippen molar-refractivity contribution in [2.75, 3.05) is 0 Å². The highest BCUT2D eigenvalue weighted by molar-refractivity contribution is 7.45. The second-order valence-electron chi connectivity index (χ2n) is 4.20. The summed E-state index contributed by atoms with van der Waals surface area (Å²) in [6.45, 7) is 2.68. The largest absolute Gasteiger partial charge is 0.529 e. The Hall–Kier alpha value is -0.210. The maximum absolute atomic E-state index is 11.8. The number of hydrogen-bond donors (Lipinski definition) is 2. The van der Waals surface area contributed by atoms with Crippen molar-refractivity contribution >= 4 is 47.3 Å². The monoisotopic (exact) mass is 363 g/mol. The summed E-state index contributed by atoms with van der Waals surface area (Å²) in [6, 6.07) is 2.73.